The number of aliphatic carboxylic acids is 1. The zero-order valence-electron chi connectivity index (χ0n) is 13.9. The minimum atomic E-state index is -0.960. The van der Waals surface area contributed by atoms with Crippen LogP contribution in [0.4, 0.5) is 0 Å². The van der Waals surface area contributed by atoms with Gasteiger partial charge in [-0.2, -0.15) is 0 Å². The molecule has 0 saturated carbocycles. The molecule has 1 atom stereocenters. The van der Waals surface area contributed by atoms with Gasteiger partial charge in [0.15, 0.2) is 0 Å². The third kappa shape index (κ3) is 3.99. The standard InChI is InChI=1S/C20H21NO4/c22-16-8-6-15-7-9-19(23)21(11-10-14-4-2-1-3-5-14)18(13-20(24)25)17(15)12-16/h1-6,8,12,18,22H,7,9-11,13H2,(H,24,25)/t18-/m0/s1. The molecule has 3 rings (SSSR count). The summed E-state index contributed by atoms with van der Waals surface area (Å²) in [5.74, 6) is -0.914. The van der Waals surface area contributed by atoms with Crippen molar-refractivity contribution in [2.24, 2.45) is 0 Å². The van der Waals surface area contributed by atoms with Gasteiger partial charge in [-0.15, -0.1) is 0 Å². The fraction of sp³-hybridized carbons (Fsp3) is 0.300. The van der Waals surface area contributed by atoms with Crippen molar-refractivity contribution < 1.29 is 19.8 Å². The molecule has 25 heavy (non-hydrogen) atoms. The first-order valence-electron chi connectivity index (χ1n) is 8.41. The van der Waals surface area contributed by atoms with Gasteiger partial charge in [0.1, 0.15) is 5.75 Å². The lowest BCUT2D eigenvalue weighted by Gasteiger charge is -2.30. The summed E-state index contributed by atoms with van der Waals surface area (Å²) < 4.78 is 0. The van der Waals surface area contributed by atoms with E-state index in [0.29, 0.717) is 25.8 Å². The van der Waals surface area contributed by atoms with E-state index in [2.05, 4.69) is 0 Å². The van der Waals surface area contributed by atoms with E-state index in [0.717, 1.165) is 16.7 Å². The minimum Gasteiger partial charge on any atom is -0.508 e. The van der Waals surface area contributed by atoms with E-state index in [9.17, 15) is 19.8 Å². The van der Waals surface area contributed by atoms with E-state index in [4.69, 9.17) is 0 Å². The van der Waals surface area contributed by atoms with Crippen LogP contribution in [0.2, 0.25) is 0 Å². The topological polar surface area (TPSA) is 77.8 Å². The minimum absolute atomic E-state index is 0.0436. The second-order valence-corrected chi connectivity index (χ2v) is 6.32. The maximum Gasteiger partial charge on any atom is 0.305 e. The van der Waals surface area contributed by atoms with E-state index < -0.39 is 12.0 Å². The molecule has 130 valence electrons. The predicted molar refractivity (Wildman–Crippen MR) is 93.3 cm³/mol. The monoisotopic (exact) mass is 339 g/mol. The lowest BCUT2D eigenvalue weighted by Crippen LogP contribution is -2.36. The highest BCUT2D eigenvalue weighted by atomic mass is 16.4. The summed E-state index contributed by atoms with van der Waals surface area (Å²) in [6.07, 6.45) is 1.41. The van der Waals surface area contributed by atoms with Crippen molar-refractivity contribution in [3.05, 3.63) is 65.2 Å². The number of phenols is 1. The van der Waals surface area contributed by atoms with Gasteiger partial charge >= 0.3 is 5.97 Å². The van der Waals surface area contributed by atoms with Gasteiger partial charge in [0.25, 0.3) is 0 Å². The number of aromatic hydroxyl groups is 1. The Bertz CT molecular complexity index is 773. The van der Waals surface area contributed by atoms with Gasteiger partial charge in [-0.25, -0.2) is 0 Å². The highest BCUT2D eigenvalue weighted by Gasteiger charge is 2.31. The quantitative estimate of drug-likeness (QED) is 0.878. The first-order valence-corrected chi connectivity index (χ1v) is 8.41. The van der Waals surface area contributed by atoms with Gasteiger partial charge in [-0.05, 0) is 41.7 Å². The number of hydrogen-bond acceptors (Lipinski definition) is 3. The van der Waals surface area contributed by atoms with Gasteiger partial charge in [-0.1, -0.05) is 36.4 Å². The Labute approximate surface area is 146 Å². The summed E-state index contributed by atoms with van der Waals surface area (Å²) in [6.45, 7) is 0.454. The summed E-state index contributed by atoms with van der Waals surface area (Å²) in [5.41, 5.74) is 2.77. The number of carboxylic acid groups (broad SMARTS) is 1. The average Bonchev–Trinajstić information content (AvgIpc) is 2.71. The molecule has 1 amide bonds. The highest BCUT2D eigenvalue weighted by Crippen LogP contribution is 2.34. The first kappa shape index (κ1) is 17.0. The molecule has 0 radical (unpaired) electrons. The van der Waals surface area contributed by atoms with Crippen molar-refractivity contribution in [3.63, 3.8) is 0 Å². The van der Waals surface area contributed by atoms with Crippen LogP contribution in [0.25, 0.3) is 0 Å². The van der Waals surface area contributed by atoms with Crippen LogP contribution in [0, 0.1) is 0 Å². The van der Waals surface area contributed by atoms with Gasteiger partial charge in [0.05, 0.1) is 12.5 Å². The molecule has 5 nitrogen and oxygen atoms in total. The second kappa shape index (κ2) is 7.38. The van der Waals surface area contributed by atoms with E-state index in [-0.39, 0.29) is 18.1 Å². The zero-order chi connectivity index (χ0) is 17.8. The lowest BCUT2D eigenvalue weighted by atomic mass is 9.95. The fourth-order valence-electron chi connectivity index (χ4n) is 3.41. The van der Waals surface area contributed by atoms with Crippen molar-refractivity contribution in [2.45, 2.75) is 31.7 Å². The average molecular weight is 339 g/mol. The van der Waals surface area contributed by atoms with Crippen LogP contribution >= 0.6 is 0 Å². The van der Waals surface area contributed by atoms with Gasteiger partial charge in [-0.3, -0.25) is 9.59 Å². The van der Waals surface area contributed by atoms with Crippen LogP contribution in [0.15, 0.2) is 48.5 Å². The number of fused-ring (bicyclic) bond motifs is 1. The van der Waals surface area contributed by atoms with Crippen LogP contribution in [-0.2, 0) is 22.4 Å². The number of aryl methyl sites for hydroxylation is 1. The van der Waals surface area contributed by atoms with Crippen molar-refractivity contribution in [1.29, 1.82) is 0 Å². The highest BCUT2D eigenvalue weighted by molar-refractivity contribution is 5.79. The first-order chi connectivity index (χ1) is 12.0. The van der Waals surface area contributed by atoms with Gasteiger partial charge in [0.2, 0.25) is 5.91 Å². The summed E-state index contributed by atoms with van der Waals surface area (Å²) in [7, 11) is 0. The van der Waals surface area contributed by atoms with E-state index in [1.54, 1.807) is 23.1 Å². The molecule has 0 fully saturated rings. The molecule has 2 aromatic carbocycles. The van der Waals surface area contributed by atoms with Crippen LogP contribution in [-0.4, -0.2) is 33.5 Å². The van der Waals surface area contributed by atoms with E-state index in [1.165, 1.54) is 0 Å². The molecular formula is C20H21NO4. The number of nitrogens with zero attached hydrogens (tertiary/aromatic N) is 1. The Kier molecular flexibility index (Phi) is 5.03. The second-order valence-electron chi connectivity index (χ2n) is 6.32. The third-order valence-electron chi connectivity index (χ3n) is 4.65. The van der Waals surface area contributed by atoms with Crippen molar-refractivity contribution in [2.75, 3.05) is 6.54 Å². The molecular weight excluding hydrogens is 318 g/mol. The number of carbonyl (C=O) groups is 2. The van der Waals surface area contributed by atoms with Gasteiger partial charge < -0.3 is 15.1 Å². The fourth-order valence-corrected chi connectivity index (χ4v) is 3.41. The smallest absolute Gasteiger partial charge is 0.305 e. The van der Waals surface area contributed by atoms with Crippen LogP contribution in [0.1, 0.15) is 35.6 Å². The van der Waals surface area contributed by atoms with Crippen LogP contribution in [0.5, 0.6) is 5.75 Å². The molecule has 2 N–H and O–H groups in total. The summed E-state index contributed by atoms with van der Waals surface area (Å²) in [5, 5.41) is 19.2. The Morgan fingerprint density at radius 3 is 2.60 bits per heavy atom. The predicted octanol–water partition coefficient (Wildman–Crippen LogP) is 2.93. The largest absolute Gasteiger partial charge is 0.508 e. The van der Waals surface area contributed by atoms with Crippen molar-refractivity contribution >= 4 is 11.9 Å². The molecule has 1 aliphatic heterocycles. The number of amides is 1. The van der Waals surface area contributed by atoms with Gasteiger partial charge in [0, 0.05) is 13.0 Å². The molecule has 1 aliphatic rings. The molecule has 0 unspecified atom stereocenters. The number of benzene rings is 2. The Morgan fingerprint density at radius 1 is 1.12 bits per heavy atom. The number of carbonyl (C=O) groups excluding carboxylic acids is 1. The van der Waals surface area contributed by atoms with E-state index in [1.807, 2.05) is 30.3 Å². The normalized spacial score (nSPS) is 17.0. The summed E-state index contributed by atoms with van der Waals surface area (Å²) in [4.78, 5) is 25.7. The van der Waals surface area contributed by atoms with Crippen molar-refractivity contribution in [3.8, 4) is 5.75 Å². The molecule has 0 saturated heterocycles. The molecule has 2 aromatic rings. The number of phenolic OH excluding ortho intramolecular Hbond substituents is 1. The maximum absolute atomic E-state index is 12.7. The van der Waals surface area contributed by atoms with Crippen LogP contribution < -0.4 is 0 Å². The molecule has 1 heterocycles. The number of rotatable bonds is 5. The van der Waals surface area contributed by atoms with Crippen molar-refractivity contribution in [1.82, 2.24) is 4.90 Å². The number of hydrogen-bond donors (Lipinski definition) is 2. The molecule has 0 aromatic heterocycles. The Balaban J connectivity index is 1.92. The molecule has 5 heteroatoms. The zero-order valence-corrected chi connectivity index (χ0v) is 13.9. The Morgan fingerprint density at radius 2 is 1.88 bits per heavy atom. The summed E-state index contributed by atoms with van der Waals surface area (Å²) in [6, 6.07) is 14.2. The molecule has 0 aliphatic carbocycles. The van der Waals surface area contributed by atoms with E-state index >= 15 is 0 Å². The lowest BCUT2D eigenvalue weighted by molar-refractivity contribution is -0.140. The number of carboxylic acids is 1. The SMILES string of the molecule is O=C(O)C[C@H]1c2cc(O)ccc2CCC(=O)N1CCc1ccccc1. The maximum atomic E-state index is 12.7. The molecule has 0 spiro atoms. The summed E-state index contributed by atoms with van der Waals surface area (Å²) >= 11 is 0. The third-order valence-corrected chi connectivity index (χ3v) is 4.65. The van der Waals surface area contributed by atoms with Crippen LogP contribution in [0.3, 0.4) is 0 Å². The molecule has 0 bridgehead atoms. The Hall–Kier alpha value is -2.82.